The lowest BCUT2D eigenvalue weighted by Gasteiger charge is -2.17. The lowest BCUT2D eigenvalue weighted by atomic mass is 9.99. The highest BCUT2D eigenvalue weighted by atomic mass is 16.1. The lowest BCUT2D eigenvalue weighted by Crippen LogP contribution is -2.18. The third-order valence-electron chi connectivity index (χ3n) is 3.13. The quantitative estimate of drug-likeness (QED) is 0.849. The molecule has 0 saturated heterocycles. The fraction of sp³-hybridized carbons (Fsp3) is 0.231. The Morgan fingerprint density at radius 1 is 1.32 bits per heavy atom. The van der Waals surface area contributed by atoms with Gasteiger partial charge in [0.05, 0.1) is 0 Å². The fourth-order valence-electron chi connectivity index (χ4n) is 2.18. The summed E-state index contributed by atoms with van der Waals surface area (Å²) < 4.78 is 0. The Bertz CT molecular complexity index is 641. The Morgan fingerprint density at radius 3 is 3.05 bits per heavy atom. The normalized spacial score (nSPS) is 13.6. The van der Waals surface area contributed by atoms with Gasteiger partial charge in [-0.05, 0) is 24.1 Å². The molecular weight excluding hydrogens is 242 g/mol. The SMILES string of the molecule is CNc1ncnnc1-c1ccc2c(c1)CCC(=O)N2. The number of carbonyl (C=O) groups is 1. The molecule has 0 radical (unpaired) electrons. The number of aryl methyl sites for hydroxylation is 1. The molecular formula is C13H13N5O. The largest absolute Gasteiger partial charge is 0.371 e. The first kappa shape index (κ1) is 11.6. The first-order valence-electron chi connectivity index (χ1n) is 6.06. The van der Waals surface area contributed by atoms with E-state index in [1.807, 2.05) is 18.2 Å². The standard InChI is InChI=1S/C13H13N5O/c1-14-13-12(18-16-7-15-13)9-2-4-10-8(6-9)3-5-11(19)17-10/h2,4,6-7H,3,5H2,1H3,(H,17,19)(H,14,15,16). The molecule has 2 heterocycles. The van der Waals surface area contributed by atoms with Crippen molar-refractivity contribution in [3.05, 3.63) is 30.1 Å². The van der Waals surface area contributed by atoms with Gasteiger partial charge in [-0.15, -0.1) is 10.2 Å². The third-order valence-corrected chi connectivity index (χ3v) is 3.13. The molecule has 0 aliphatic carbocycles. The van der Waals surface area contributed by atoms with E-state index in [9.17, 15) is 4.79 Å². The number of carbonyl (C=O) groups excluding carboxylic acids is 1. The van der Waals surface area contributed by atoms with E-state index in [1.165, 1.54) is 6.33 Å². The molecule has 0 atom stereocenters. The van der Waals surface area contributed by atoms with E-state index < -0.39 is 0 Å². The summed E-state index contributed by atoms with van der Waals surface area (Å²) in [5, 5.41) is 13.8. The molecule has 1 amide bonds. The van der Waals surface area contributed by atoms with E-state index in [0.29, 0.717) is 17.9 Å². The van der Waals surface area contributed by atoms with Crippen LogP contribution >= 0.6 is 0 Å². The van der Waals surface area contributed by atoms with E-state index >= 15 is 0 Å². The smallest absolute Gasteiger partial charge is 0.224 e. The van der Waals surface area contributed by atoms with Gasteiger partial charge in [0.15, 0.2) is 5.82 Å². The Labute approximate surface area is 110 Å². The maximum atomic E-state index is 11.3. The Kier molecular flexibility index (Phi) is 2.83. The second kappa shape index (κ2) is 4.64. The van der Waals surface area contributed by atoms with E-state index in [2.05, 4.69) is 25.8 Å². The van der Waals surface area contributed by atoms with Gasteiger partial charge in [-0.3, -0.25) is 4.79 Å². The van der Waals surface area contributed by atoms with Gasteiger partial charge in [0, 0.05) is 24.7 Å². The summed E-state index contributed by atoms with van der Waals surface area (Å²) in [6, 6.07) is 5.84. The number of fused-ring (bicyclic) bond motifs is 1. The summed E-state index contributed by atoms with van der Waals surface area (Å²) in [4.78, 5) is 15.5. The van der Waals surface area contributed by atoms with Crippen molar-refractivity contribution in [2.45, 2.75) is 12.8 Å². The van der Waals surface area contributed by atoms with Crippen molar-refractivity contribution < 1.29 is 4.79 Å². The molecule has 3 rings (SSSR count). The number of anilines is 2. The van der Waals surface area contributed by atoms with Gasteiger partial charge < -0.3 is 10.6 Å². The molecule has 0 saturated carbocycles. The fourth-order valence-corrected chi connectivity index (χ4v) is 2.18. The van der Waals surface area contributed by atoms with Gasteiger partial charge in [0.2, 0.25) is 5.91 Å². The molecule has 2 N–H and O–H groups in total. The van der Waals surface area contributed by atoms with Crippen LogP contribution in [0.25, 0.3) is 11.3 Å². The second-order valence-electron chi connectivity index (χ2n) is 4.33. The molecule has 0 bridgehead atoms. The summed E-state index contributed by atoms with van der Waals surface area (Å²) in [5.74, 6) is 0.757. The minimum atomic E-state index is 0.0670. The molecule has 2 aromatic rings. The molecule has 0 spiro atoms. The highest BCUT2D eigenvalue weighted by Gasteiger charge is 2.16. The van der Waals surface area contributed by atoms with Crippen molar-refractivity contribution in [3.63, 3.8) is 0 Å². The van der Waals surface area contributed by atoms with Crippen LogP contribution in [-0.2, 0) is 11.2 Å². The van der Waals surface area contributed by atoms with Gasteiger partial charge in [-0.1, -0.05) is 6.07 Å². The van der Waals surface area contributed by atoms with Crippen LogP contribution in [-0.4, -0.2) is 28.1 Å². The lowest BCUT2D eigenvalue weighted by molar-refractivity contribution is -0.116. The van der Waals surface area contributed by atoms with Gasteiger partial charge >= 0.3 is 0 Å². The Balaban J connectivity index is 2.05. The molecule has 1 aliphatic rings. The molecule has 6 heteroatoms. The first-order valence-corrected chi connectivity index (χ1v) is 6.06. The van der Waals surface area contributed by atoms with Gasteiger partial charge in [-0.2, -0.15) is 0 Å². The van der Waals surface area contributed by atoms with Crippen LogP contribution in [0, 0.1) is 0 Å². The zero-order valence-corrected chi connectivity index (χ0v) is 10.5. The summed E-state index contributed by atoms with van der Waals surface area (Å²) in [5.41, 5.74) is 3.65. The summed E-state index contributed by atoms with van der Waals surface area (Å²) in [7, 11) is 1.80. The minimum absolute atomic E-state index is 0.0670. The minimum Gasteiger partial charge on any atom is -0.371 e. The van der Waals surface area contributed by atoms with Crippen LogP contribution in [0.5, 0.6) is 0 Å². The molecule has 1 aromatic carbocycles. The van der Waals surface area contributed by atoms with Gasteiger partial charge in [0.25, 0.3) is 0 Å². The third kappa shape index (κ3) is 2.12. The number of amides is 1. The zero-order valence-electron chi connectivity index (χ0n) is 10.5. The van der Waals surface area contributed by atoms with E-state index in [0.717, 1.165) is 23.2 Å². The van der Waals surface area contributed by atoms with Crippen molar-refractivity contribution in [3.8, 4) is 11.3 Å². The van der Waals surface area contributed by atoms with Gasteiger partial charge in [0.1, 0.15) is 12.0 Å². The number of hydrogen-bond donors (Lipinski definition) is 2. The maximum absolute atomic E-state index is 11.3. The molecule has 0 unspecified atom stereocenters. The summed E-state index contributed by atoms with van der Waals surface area (Å²) in [6.07, 6.45) is 2.68. The number of nitrogens with zero attached hydrogens (tertiary/aromatic N) is 3. The zero-order chi connectivity index (χ0) is 13.2. The van der Waals surface area contributed by atoms with Crippen LogP contribution in [0.15, 0.2) is 24.5 Å². The maximum Gasteiger partial charge on any atom is 0.224 e. The van der Waals surface area contributed by atoms with Crippen molar-refractivity contribution in [2.24, 2.45) is 0 Å². The molecule has 1 aromatic heterocycles. The first-order chi connectivity index (χ1) is 9.28. The molecule has 19 heavy (non-hydrogen) atoms. The van der Waals surface area contributed by atoms with Crippen LogP contribution in [0.4, 0.5) is 11.5 Å². The Morgan fingerprint density at radius 2 is 2.21 bits per heavy atom. The molecule has 96 valence electrons. The van der Waals surface area contributed by atoms with Crippen molar-refractivity contribution in [1.82, 2.24) is 15.2 Å². The average Bonchev–Trinajstić information content (AvgIpc) is 2.46. The van der Waals surface area contributed by atoms with Crippen molar-refractivity contribution in [2.75, 3.05) is 17.7 Å². The van der Waals surface area contributed by atoms with Crippen LogP contribution in [0.2, 0.25) is 0 Å². The average molecular weight is 255 g/mol. The summed E-state index contributed by atoms with van der Waals surface area (Å²) in [6.45, 7) is 0. The number of aromatic nitrogens is 3. The van der Waals surface area contributed by atoms with E-state index in [4.69, 9.17) is 0 Å². The van der Waals surface area contributed by atoms with Crippen LogP contribution < -0.4 is 10.6 Å². The van der Waals surface area contributed by atoms with Gasteiger partial charge in [-0.25, -0.2) is 4.98 Å². The van der Waals surface area contributed by atoms with Crippen molar-refractivity contribution >= 4 is 17.4 Å². The predicted molar refractivity (Wildman–Crippen MR) is 71.8 cm³/mol. The molecule has 0 fully saturated rings. The second-order valence-corrected chi connectivity index (χ2v) is 4.33. The summed E-state index contributed by atoms with van der Waals surface area (Å²) >= 11 is 0. The van der Waals surface area contributed by atoms with Crippen LogP contribution in [0.1, 0.15) is 12.0 Å². The molecule has 6 nitrogen and oxygen atoms in total. The Hall–Kier alpha value is -2.50. The highest BCUT2D eigenvalue weighted by molar-refractivity contribution is 5.94. The molecule has 1 aliphatic heterocycles. The van der Waals surface area contributed by atoms with E-state index in [1.54, 1.807) is 7.05 Å². The topological polar surface area (TPSA) is 79.8 Å². The predicted octanol–water partition coefficient (Wildman–Crippen LogP) is 1.46. The number of hydrogen-bond acceptors (Lipinski definition) is 5. The number of benzene rings is 1. The highest BCUT2D eigenvalue weighted by Crippen LogP contribution is 2.29. The monoisotopic (exact) mass is 255 g/mol. The van der Waals surface area contributed by atoms with Crippen molar-refractivity contribution in [1.29, 1.82) is 0 Å². The number of rotatable bonds is 2. The van der Waals surface area contributed by atoms with E-state index in [-0.39, 0.29) is 5.91 Å². The number of nitrogens with one attached hydrogen (secondary N) is 2. The van der Waals surface area contributed by atoms with Crippen LogP contribution in [0.3, 0.4) is 0 Å².